The summed E-state index contributed by atoms with van der Waals surface area (Å²) in [5.74, 6) is 1.90. The lowest BCUT2D eigenvalue weighted by Crippen LogP contribution is -2.35. The van der Waals surface area contributed by atoms with E-state index in [0.717, 1.165) is 18.6 Å². The lowest BCUT2D eigenvalue weighted by Gasteiger charge is -2.16. The second-order valence-electron chi connectivity index (χ2n) is 6.28. The van der Waals surface area contributed by atoms with Gasteiger partial charge in [0.15, 0.2) is 0 Å². The highest BCUT2D eigenvalue weighted by molar-refractivity contribution is 5.93. The van der Waals surface area contributed by atoms with Crippen LogP contribution in [0.5, 0.6) is 0 Å². The summed E-state index contributed by atoms with van der Waals surface area (Å²) in [7, 11) is 0. The van der Waals surface area contributed by atoms with Gasteiger partial charge in [0.25, 0.3) is 5.91 Å². The Morgan fingerprint density at radius 3 is 2.75 bits per heavy atom. The van der Waals surface area contributed by atoms with Crippen molar-refractivity contribution in [2.45, 2.75) is 58.0 Å². The van der Waals surface area contributed by atoms with Crippen LogP contribution >= 0.6 is 0 Å². The molecule has 1 aliphatic rings. The maximum Gasteiger partial charge on any atom is 0.270 e. The highest BCUT2D eigenvalue weighted by atomic mass is 16.3. The van der Waals surface area contributed by atoms with Crippen molar-refractivity contribution in [1.82, 2.24) is 15.3 Å². The van der Waals surface area contributed by atoms with Gasteiger partial charge in [-0.1, -0.05) is 25.7 Å². The summed E-state index contributed by atoms with van der Waals surface area (Å²) in [6.07, 6.45) is 8.64. The average Bonchev–Trinajstić information content (AvgIpc) is 2.96. The minimum atomic E-state index is -0.117. The Morgan fingerprint density at radius 2 is 2.04 bits per heavy atom. The molecule has 0 spiro atoms. The Morgan fingerprint density at radius 1 is 1.25 bits per heavy atom. The van der Waals surface area contributed by atoms with E-state index in [4.69, 9.17) is 4.42 Å². The number of hydrogen-bond acceptors (Lipinski definition) is 5. The zero-order chi connectivity index (χ0) is 16.8. The summed E-state index contributed by atoms with van der Waals surface area (Å²) in [6.45, 7) is 2.31. The highest BCUT2D eigenvalue weighted by Crippen LogP contribution is 2.18. The van der Waals surface area contributed by atoms with Crippen molar-refractivity contribution >= 4 is 11.7 Å². The molecule has 2 aromatic heterocycles. The molecule has 0 unspecified atom stereocenters. The molecule has 0 aliphatic heterocycles. The van der Waals surface area contributed by atoms with E-state index in [0.29, 0.717) is 23.9 Å². The van der Waals surface area contributed by atoms with Crippen LogP contribution in [0.25, 0.3) is 0 Å². The van der Waals surface area contributed by atoms with Gasteiger partial charge in [0.05, 0.1) is 12.8 Å². The molecule has 24 heavy (non-hydrogen) atoms. The van der Waals surface area contributed by atoms with Crippen LogP contribution in [0, 0.1) is 6.92 Å². The monoisotopic (exact) mass is 328 g/mol. The topological polar surface area (TPSA) is 80.0 Å². The lowest BCUT2D eigenvalue weighted by atomic mass is 10.1. The first-order valence-corrected chi connectivity index (χ1v) is 8.63. The third kappa shape index (κ3) is 4.57. The molecule has 6 heteroatoms. The van der Waals surface area contributed by atoms with Gasteiger partial charge in [-0.2, -0.15) is 0 Å². The molecule has 1 amide bonds. The summed E-state index contributed by atoms with van der Waals surface area (Å²) >= 11 is 0. The molecule has 0 radical (unpaired) electrons. The number of rotatable bonds is 5. The van der Waals surface area contributed by atoms with Crippen LogP contribution in [0.1, 0.15) is 60.6 Å². The molecule has 2 N–H and O–H groups in total. The van der Waals surface area contributed by atoms with Crippen LogP contribution < -0.4 is 10.6 Å². The summed E-state index contributed by atoms with van der Waals surface area (Å²) in [6, 6.07) is 5.69. The summed E-state index contributed by atoms with van der Waals surface area (Å²) in [4.78, 5) is 21.1. The van der Waals surface area contributed by atoms with Crippen molar-refractivity contribution in [1.29, 1.82) is 0 Å². The molecular formula is C18H24N4O2. The first-order valence-electron chi connectivity index (χ1n) is 8.63. The highest BCUT2D eigenvalue weighted by Gasteiger charge is 2.17. The van der Waals surface area contributed by atoms with Crippen LogP contribution in [0.3, 0.4) is 0 Å². The van der Waals surface area contributed by atoms with E-state index in [9.17, 15) is 4.79 Å². The first kappa shape index (κ1) is 16.5. The van der Waals surface area contributed by atoms with Crippen molar-refractivity contribution in [3.05, 3.63) is 41.7 Å². The van der Waals surface area contributed by atoms with E-state index in [2.05, 4.69) is 20.6 Å². The quantitative estimate of drug-likeness (QED) is 0.822. The molecule has 2 aromatic rings. The number of nitrogens with one attached hydrogen (secondary N) is 2. The number of aryl methyl sites for hydroxylation is 1. The molecule has 0 atom stereocenters. The average molecular weight is 328 g/mol. The predicted octanol–water partition coefficient (Wildman–Crippen LogP) is 3.44. The number of furan rings is 1. The van der Waals surface area contributed by atoms with E-state index in [1.54, 1.807) is 19.3 Å². The van der Waals surface area contributed by atoms with E-state index in [1.807, 2.05) is 12.1 Å². The zero-order valence-corrected chi connectivity index (χ0v) is 14.0. The van der Waals surface area contributed by atoms with Crippen molar-refractivity contribution in [2.24, 2.45) is 0 Å². The number of nitrogens with zero attached hydrogens (tertiary/aromatic N) is 2. The van der Waals surface area contributed by atoms with Crippen molar-refractivity contribution in [3.8, 4) is 0 Å². The van der Waals surface area contributed by atoms with Gasteiger partial charge in [-0.15, -0.1) is 0 Å². The van der Waals surface area contributed by atoms with Gasteiger partial charge in [0.1, 0.15) is 23.1 Å². The van der Waals surface area contributed by atoms with Gasteiger partial charge in [0, 0.05) is 12.1 Å². The van der Waals surface area contributed by atoms with E-state index in [1.165, 1.54) is 25.7 Å². The molecule has 1 saturated carbocycles. The van der Waals surface area contributed by atoms with Crippen molar-refractivity contribution in [3.63, 3.8) is 0 Å². The fourth-order valence-corrected chi connectivity index (χ4v) is 3.05. The van der Waals surface area contributed by atoms with Crippen LogP contribution in [0.15, 0.2) is 28.9 Å². The fourth-order valence-electron chi connectivity index (χ4n) is 3.05. The predicted molar refractivity (Wildman–Crippen MR) is 91.8 cm³/mol. The van der Waals surface area contributed by atoms with Gasteiger partial charge < -0.3 is 15.1 Å². The number of carbonyl (C=O) groups is 1. The van der Waals surface area contributed by atoms with Crippen LogP contribution in [-0.4, -0.2) is 21.9 Å². The summed E-state index contributed by atoms with van der Waals surface area (Å²) < 4.78 is 5.29. The molecule has 0 bridgehead atoms. The minimum Gasteiger partial charge on any atom is -0.467 e. The maximum atomic E-state index is 12.5. The van der Waals surface area contributed by atoms with E-state index in [-0.39, 0.29) is 11.9 Å². The van der Waals surface area contributed by atoms with E-state index >= 15 is 0 Å². The Kier molecular flexibility index (Phi) is 5.46. The Balaban J connectivity index is 1.64. The number of anilines is 1. The zero-order valence-electron chi connectivity index (χ0n) is 14.0. The number of carbonyl (C=O) groups excluding carboxylic acids is 1. The van der Waals surface area contributed by atoms with Crippen molar-refractivity contribution in [2.75, 3.05) is 5.32 Å². The van der Waals surface area contributed by atoms with Crippen molar-refractivity contribution < 1.29 is 9.21 Å². The number of hydrogen-bond donors (Lipinski definition) is 2. The normalized spacial score (nSPS) is 15.7. The van der Waals surface area contributed by atoms with Gasteiger partial charge in [0.2, 0.25) is 0 Å². The third-order valence-electron chi connectivity index (χ3n) is 4.28. The minimum absolute atomic E-state index is 0.117. The van der Waals surface area contributed by atoms with Crippen LogP contribution in [0.2, 0.25) is 0 Å². The molecule has 1 fully saturated rings. The molecule has 128 valence electrons. The van der Waals surface area contributed by atoms with Crippen LogP contribution in [-0.2, 0) is 6.54 Å². The van der Waals surface area contributed by atoms with Gasteiger partial charge in [-0.05, 0) is 31.9 Å². The summed E-state index contributed by atoms with van der Waals surface area (Å²) in [5.41, 5.74) is 0.411. The lowest BCUT2D eigenvalue weighted by molar-refractivity contribution is 0.0928. The second kappa shape index (κ2) is 7.95. The van der Waals surface area contributed by atoms with E-state index < -0.39 is 0 Å². The van der Waals surface area contributed by atoms with Gasteiger partial charge in [-0.3, -0.25) is 4.79 Å². The smallest absolute Gasteiger partial charge is 0.270 e. The number of aromatic nitrogens is 2. The summed E-state index contributed by atoms with van der Waals surface area (Å²) in [5, 5.41) is 6.30. The van der Waals surface area contributed by atoms with Gasteiger partial charge >= 0.3 is 0 Å². The Labute approximate surface area is 142 Å². The Hall–Kier alpha value is -2.37. The second-order valence-corrected chi connectivity index (χ2v) is 6.28. The molecule has 1 aliphatic carbocycles. The molecule has 0 saturated heterocycles. The fraction of sp³-hybridized carbons (Fsp3) is 0.500. The standard InChI is InChI=1S/C18H24N4O2/c1-13-20-16(18(23)22-14-7-4-2-3-5-8-14)11-17(21-13)19-12-15-9-6-10-24-15/h6,9-11,14H,2-5,7-8,12H2,1H3,(H,22,23)(H,19,20,21). The molecule has 2 heterocycles. The SMILES string of the molecule is Cc1nc(NCc2ccco2)cc(C(=O)NC2CCCCCC2)n1. The molecular weight excluding hydrogens is 304 g/mol. The number of amides is 1. The maximum absolute atomic E-state index is 12.5. The molecule has 0 aromatic carbocycles. The Bertz CT molecular complexity index is 662. The first-order chi connectivity index (χ1) is 11.7. The van der Waals surface area contributed by atoms with Crippen LogP contribution in [0.4, 0.5) is 5.82 Å². The largest absolute Gasteiger partial charge is 0.467 e. The molecule has 3 rings (SSSR count). The molecule has 6 nitrogen and oxygen atoms in total. The van der Waals surface area contributed by atoms with Gasteiger partial charge in [-0.25, -0.2) is 9.97 Å². The third-order valence-corrected chi connectivity index (χ3v) is 4.28.